The molecule has 2 amide bonds. The first-order valence-corrected chi connectivity index (χ1v) is 11.6. The number of amides is 2. The van der Waals surface area contributed by atoms with E-state index in [0.717, 1.165) is 26.2 Å². The van der Waals surface area contributed by atoms with Crippen molar-refractivity contribution < 1.29 is 27.5 Å². The van der Waals surface area contributed by atoms with Crippen LogP contribution in [-0.4, -0.2) is 103 Å². The normalized spacial score (nSPS) is 21.1. The van der Waals surface area contributed by atoms with Gasteiger partial charge in [0.2, 0.25) is 11.8 Å². The third-order valence-corrected chi connectivity index (χ3v) is 6.83. The number of piperazine rings is 2. The zero-order chi connectivity index (χ0) is 23.4. The highest BCUT2D eigenvalue weighted by Crippen LogP contribution is 2.26. The summed E-state index contributed by atoms with van der Waals surface area (Å²) in [5.74, 6) is -0.327. The largest absolute Gasteiger partial charge is 0.573 e. The molecule has 2 aliphatic heterocycles. The molecule has 33 heavy (non-hydrogen) atoms. The van der Waals surface area contributed by atoms with E-state index in [2.05, 4.69) is 14.5 Å². The molecule has 3 aliphatic rings. The summed E-state index contributed by atoms with van der Waals surface area (Å²) in [5, 5.41) is 0. The first-order valence-electron chi connectivity index (χ1n) is 11.6. The van der Waals surface area contributed by atoms with E-state index < -0.39 is 6.36 Å². The topological polar surface area (TPSA) is 56.3 Å². The molecule has 3 fully saturated rings. The molecule has 0 bridgehead atoms. The lowest BCUT2D eigenvalue weighted by Crippen LogP contribution is -2.56. The van der Waals surface area contributed by atoms with Crippen molar-refractivity contribution in [2.75, 3.05) is 58.9 Å². The van der Waals surface area contributed by atoms with Gasteiger partial charge in [-0.3, -0.25) is 19.4 Å². The maximum Gasteiger partial charge on any atom is 0.573 e. The van der Waals surface area contributed by atoms with Crippen LogP contribution in [0.3, 0.4) is 0 Å². The van der Waals surface area contributed by atoms with Crippen LogP contribution in [0.25, 0.3) is 0 Å². The van der Waals surface area contributed by atoms with Gasteiger partial charge in [-0.1, -0.05) is 18.6 Å². The Labute approximate surface area is 192 Å². The number of halogens is 3. The maximum absolute atomic E-state index is 12.7. The minimum atomic E-state index is -4.76. The monoisotopic (exact) mass is 468 g/mol. The van der Waals surface area contributed by atoms with Crippen LogP contribution in [0, 0.1) is 0 Å². The van der Waals surface area contributed by atoms with E-state index in [1.54, 1.807) is 11.0 Å². The van der Waals surface area contributed by atoms with E-state index in [1.165, 1.54) is 37.5 Å². The molecule has 1 saturated carbocycles. The van der Waals surface area contributed by atoms with Gasteiger partial charge in [0.15, 0.2) is 0 Å². The number of hydrogen-bond acceptors (Lipinski definition) is 5. The number of benzene rings is 1. The average Bonchev–Trinajstić information content (AvgIpc) is 2.72. The minimum absolute atomic E-state index is 0.0132. The van der Waals surface area contributed by atoms with Crippen molar-refractivity contribution in [2.24, 2.45) is 0 Å². The number of nitrogens with zero attached hydrogens (tertiary/aromatic N) is 4. The maximum atomic E-state index is 12.7. The van der Waals surface area contributed by atoms with Crippen LogP contribution in [0.4, 0.5) is 13.2 Å². The summed E-state index contributed by atoms with van der Waals surface area (Å²) in [4.78, 5) is 33.6. The van der Waals surface area contributed by atoms with Crippen LogP contribution in [0.2, 0.25) is 0 Å². The van der Waals surface area contributed by atoms with Gasteiger partial charge in [0.1, 0.15) is 5.75 Å². The van der Waals surface area contributed by atoms with Gasteiger partial charge in [0.25, 0.3) is 0 Å². The Bertz CT molecular complexity index is 830. The second-order valence-corrected chi connectivity index (χ2v) is 9.03. The molecule has 0 unspecified atom stereocenters. The standard InChI is InChI=1S/C23H31F3N4O3/c24-23(25,26)33-20-6-1-3-18(15-20)16-21(31)29-9-7-27(8-10-29)17-22(32)30-13-11-28(12-14-30)19-4-2-5-19/h1,3,6,15,19H,2,4-5,7-14,16-17H2. The van der Waals surface area contributed by atoms with E-state index in [9.17, 15) is 22.8 Å². The van der Waals surface area contributed by atoms with Crippen molar-refractivity contribution >= 4 is 11.8 Å². The van der Waals surface area contributed by atoms with Crippen LogP contribution >= 0.6 is 0 Å². The summed E-state index contributed by atoms with van der Waals surface area (Å²) in [6.07, 6.45) is -0.871. The molecule has 1 aromatic carbocycles. The van der Waals surface area contributed by atoms with Gasteiger partial charge in [-0.15, -0.1) is 13.2 Å². The Balaban J connectivity index is 1.18. The molecule has 0 radical (unpaired) electrons. The number of rotatable bonds is 6. The molecule has 0 spiro atoms. The second-order valence-electron chi connectivity index (χ2n) is 9.03. The van der Waals surface area contributed by atoms with Crippen molar-refractivity contribution in [3.8, 4) is 5.75 Å². The molecule has 1 aliphatic carbocycles. The minimum Gasteiger partial charge on any atom is -0.406 e. The zero-order valence-corrected chi connectivity index (χ0v) is 18.7. The van der Waals surface area contributed by atoms with E-state index in [4.69, 9.17) is 0 Å². The molecule has 4 rings (SSSR count). The van der Waals surface area contributed by atoms with Crippen LogP contribution in [0.1, 0.15) is 24.8 Å². The second kappa shape index (κ2) is 10.3. The molecule has 182 valence electrons. The van der Waals surface area contributed by atoms with Crippen molar-refractivity contribution in [3.63, 3.8) is 0 Å². The molecule has 0 N–H and O–H groups in total. The number of carbonyl (C=O) groups excluding carboxylic acids is 2. The molecule has 10 heteroatoms. The first kappa shape index (κ1) is 23.8. The number of ether oxygens (including phenoxy) is 1. The fourth-order valence-corrected chi connectivity index (χ4v) is 4.67. The van der Waals surface area contributed by atoms with Crippen molar-refractivity contribution in [1.29, 1.82) is 0 Å². The summed E-state index contributed by atoms with van der Waals surface area (Å²) in [6, 6.07) is 6.22. The quantitative estimate of drug-likeness (QED) is 0.639. The SMILES string of the molecule is O=C(Cc1cccc(OC(F)(F)F)c1)N1CCN(CC(=O)N2CCN(C3CCC3)CC2)CC1. The summed E-state index contributed by atoms with van der Waals surface area (Å²) in [6.45, 7) is 6.05. The van der Waals surface area contributed by atoms with Crippen molar-refractivity contribution in [3.05, 3.63) is 29.8 Å². The number of hydrogen-bond donors (Lipinski definition) is 0. The smallest absolute Gasteiger partial charge is 0.406 e. The van der Waals surface area contributed by atoms with Gasteiger partial charge in [-0.05, 0) is 30.5 Å². The Morgan fingerprint density at radius 3 is 2.15 bits per heavy atom. The Hall–Kier alpha value is -2.33. The van der Waals surface area contributed by atoms with Crippen LogP contribution < -0.4 is 4.74 Å². The lowest BCUT2D eigenvalue weighted by atomic mass is 9.91. The van der Waals surface area contributed by atoms with Gasteiger partial charge in [0.05, 0.1) is 13.0 Å². The van der Waals surface area contributed by atoms with Crippen molar-refractivity contribution in [1.82, 2.24) is 19.6 Å². The Morgan fingerprint density at radius 2 is 1.55 bits per heavy atom. The molecular formula is C23H31F3N4O3. The number of carbonyl (C=O) groups is 2. The highest BCUT2D eigenvalue weighted by molar-refractivity contribution is 5.79. The van der Waals surface area contributed by atoms with Crippen LogP contribution in [0.5, 0.6) is 5.75 Å². The summed E-state index contributed by atoms with van der Waals surface area (Å²) in [5.41, 5.74) is 0.473. The zero-order valence-electron chi connectivity index (χ0n) is 18.7. The molecule has 2 saturated heterocycles. The van der Waals surface area contributed by atoms with Gasteiger partial charge in [0, 0.05) is 58.4 Å². The molecule has 2 heterocycles. The molecular weight excluding hydrogens is 437 g/mol. The first-order chi connectivity index (χ1) is 15.8. The predicted octanol–water partition coefficient (Wildman–Crippen LogP) is 1.97. The summed E-state index contributed by atoms with van der Waals surface area (Å²) < 4.78 is 41.1. The average molecular weight is 469 g/mol. The van der Waals surface area contributed by atoms with Gasteiger partial charge < -0.3 is 14.5 Å². The summed E-state index contributed by atoms with van der Waals surface area (Å²) in [7, 11) is 0. The number of alkyl halides is 3. The van der Waals surface area contributed by atoms with E-state index in [0.29, 0.717) is 44.3 Å². The van der Waals surface area contributed by atoms with E-state index >= 15 is 0 Å². The molecule has 0 atom stereocenters. The van der Waals surface area contributed by atoms with Gasteiger partial charge in [-0.2, -0.15) is 0 Å². The van der Waals surface area contributed by atoms with Gasteiger partial charge >= 0.3 is 6.36 Å². The molecule has 1 aromatic rings. The third kappa shape index (κ3) is 6.60. The third-order valence-electron chi connectivity index (χ3n) is 6.83. The van der Waals surface area contributed by atoms with E-state index in [-0.39, 0.29) is 24.0 Å². The molecule has 7 nitrogen and oxygen atoms in total. The van der Waals surface area contributed by atoms with Crippen molar-refractivity contribution in [2.45, 2.75) is 38.1 Å². The Kier molecular flexibility index (Phi) is 7.43. The highest BCUT2D eigenvalue weighted by atomic mass is 19.4. The summed E-state index contributed by atoms with van der Waals surface area (Å²) >= 11 is 0. The predicted molar refractivity (Wildman–Crippen MR) is 116 cm³/mol. The van der Waals surface area contributed by atoms with Crippen LogP contribution in [0.15, 0.2) is 24.3 Å². The fourth-order valence-electron chi connectivity index (χ4n) is 4.67. The Morgan fingerprint density at radius 1 is 0.909 bits per heavy atom. The lowest BCUT2D eigenvalue weighted by molar-refractivity contribution is -0.274. The fraction of sp³-hybridized carbons (Fsp3) is 0.652. The highest BCUT2D eigenvalue weighted by Gasteiger charge is 2.32. The lowest BCUT2D eigenvalue weighted by Gasteiger charge is -2.43. The van der Waals surface area contributed by atoms with E-state index in [1.807, 2.05) is 4.90 Å². The molecule has 0 aromatic heterocycles. The van der Waals surface area contributed by atoms with Gasteiger partial charge in [-0.25, -0.2) is 0 Å². The van der Waals surface area contributed by atoms with Crippen LogP contribution in [-0.2, 0) is 16.0 Å².